The molecule has 0 spiro atoms. The van der Waals surface area contributed by atoms with Gasteiger partial charge < -0.3 is 5.11 Å². The molecule has 1 heterocycles. The number of hydrogen-bond donors (Lipinski definition) is 1. The molecule has 88 valence electrons. The van der Waals surface area contributed by atoms with Crippen LogP contribution >= 0.6 is 0 Å². The van der Waals surface area contributed by atoms with E-state index in [0.29, 0.717) is 11.5 Å². The molecule has 1 aromatic carbocycles. The van der Waals surface area contributed by atoms with Crippen molar-refractivity contribution in [2.75, 3.05) is 0 Å². The number of hydrogen-bond acceptors (Lipinski definition) is 3. The normalized spacial score (nSPS) is 12.5. The van der Waals surface area contributed by atoms with Gasteiger partial charge in [0.25, 0.3) is 0 Å². The van der Waals surface area contributed by atoms with Gasteiger partial charge in [0, 0.05) is 6.20 Å². The Labute approximate surface area is 96.8 Å². The Morgan fingerprint density at radius 3 is 2.59 bits per heavy atom. The van der Waals surface area contributed by atoms with Gasteiger partial charge in [-0.05, 0) is 30.7 Å². The largest absolute Gasteiger partial charge is 0.382 e. The molecule has 1 unspecified atom stereocenters. The molecule has 0 fully saturated rings. The Morgan fingerprint density at radius 2 is 1.94 bits per heavy atom. The molecule has 0 bridgehead atoms. The maximum Gasteiger partial charge on any atom is 0.159 e. The average molecular weight is 236 g/mol. The summed E-state index contributed by atoms with van der Waals surface area (Å²) in [6.07, 6.45) is 0.410. The third-order valence-corrected chi connectivity index (χ3v) is 2.34. The van der Waals surface area contributed by atoms with Crippen molar-refractivity contribution in [1.29, 1.82) is 0 Å². The van der Waals surface area contributed by atoms with Gasteiger partial charge in [-0.15, -0.1) is 0 Å². The third kappa shape index (κ3) is 2.45. The molecule has 2 aromatic rings. The first-order valence-electron chi connectivity index (χ1n) is 5.00. The van der Waals surface area contributed by atoms with Gasteiger partial charge in [0.1, 0.15) is 11.9 Å². The van der Waals surface area contributed by atoms with Crippen molar-refractivity contribution in [2.24, 2.45) is 0 Å². The summed E-state index contributed by atoms with van der Waals surface area (Å²) in [5.74, 6) is -1.43. The van der Waals surface area contributed by atoms with Gasteiger partial charge in [-0.25, -0.2) is 18.7 Å². The summed E-state index contributed by atoms with van der Waals surface area (Å²) in [7, 11) is 0. The van der Waals surface area contributed by atoms with Crippen LogP contribution in [-0.2, 0) is 0 Å². The van der Waals surface area contributed by atoms with Crippen molar-refractivity contribution in [2.45, 2.75) is 13.0 Å². The van der Waals surface area contributed by atoms with Gasteiger partial charge in [0.05, 0.1) is 5.69 Å². The number of benzene rings is 1. The Morgan fingerprint density at radius 1 is 1.18 bits per heavy atom. The quantitative estimate of drug-likeness (QED) is 0.868. The number of nitrogens with zero attached hydrogens (tertiary/aromatic N) is 2. The zero-order chi connectivity index (χ0) is 12.4. The van der Waals surface area contributed by atoms with Gasteiger partial charge in [-0.1, -0.05) is 6.07 Å². The van der Waals surface area contributed by atoms with E-state index < -0.39 is 17.7 Å². The molecular formula is C12H10F2N2O. The Balaban J connectivity index is 2.36. The summed E-state index contributed by atoms with van der Waals surface area (Å²) < 4.78 is 25.8. The second kappa shape index (κ2) is 4.55. The first-order valence-corrected chi connectivity index (χ1v) is 5.00. The molecule has 17 heavy (non-hydrogen) atoms. The first kappa shape index (κ1) is 11.6. The standard InChI is InChI=1S/C12H10F2N2O/c1-7-15-5-4-11(16-7)12(17)8-2-3-9(13)10(14)6-8/h2-6,12,17H,1H3. The van der Waals surface area contributed by atoms with Gasteiger partial charge >= 0.3 is 0 Å². The lowest BCUT2D eigenvalue weighted by molar-refractivity contribution is 0.214. The fourth-order valence-corrected chi connectivity index (χ4v) is 1.48. The number of aryl methyl sites for hydroxylation is 1. The van der Waals surface area contributed by atoms with Gasteiger partial charge in [-0.2, -0.15) is 0 Å². The van der Waals surface area contributed by atoms with Crippen LogP contribution in [0, 0.1) is 18.6 Å². The van der Waals surface area contributed by atoms with E-state index >= 15 is 0 Å². The molecule has 0 amide bonds. The van der Waals surface area contributed by atoms with Crippen LogP contribution in [0.15, 0.2) is 30.5 Å². The van der Waals surface area contributed by atoms with E-state index in [0.717, 1.165) is 12.1 Å². The van der Waals surface area contributed by atoms with Crippen LogP contribution in [0.1, 0.15) is 23.2 Å². The molecule has 1 N–H and O–H groups in total. The maximum absolute atomic E-state index is 13.0. The van der Waals surface area contributed by atoms with Gasteiger partial charge in [0.2, 0.25) is 0 Å². The molecular weight excluding hydrogens is 226 g/mol. The maximum atomic E-state index is 13.0. The second-order valence-corrected chi connectivity index (χ2v) is 3.60. The minimum Gasteiger partial charge on any atom is -0.382 e. The van der Waals surface area contributed by atoms with E-state index in [2.05, 4.69) is 9.97 Å². The average Bonchev–Trinajstić information content (AvgIpc) is 2.32. The minimum atomic E-state index is -1.09. The van der Waals surface area contributed by atoms with Crippen LogP contribution in [0.5, 0.6) is 0 Å². The molecule has 1 atom stereocenters. The molecule has 0 aliphatic carbocycles. The summed E-state index contributed by atoms with van der Waals surface area (Å²) in [4.78, 5) is 7.92. The van der Waals surface area contributed by atoms with Crippen molar-refractivity contribution >= 4 is 0 Å². The van der Waals surface area contributed by atoms with Crippen LogP contribution < -0.4 is 0 Å². The van der Waals surface area contributed by atoms with Gasteiger partial charge in [-0.3, -0.25) is 0 Å². The highest BCUT2D eigenvalue weighted by Crippen LogP contribution is 2.21. The van der Waals surface area contributed by atoms with Crippen LogP contribution in [0.4, 0.5) is 8.78 Å². The summed E-state index contributed by atoms with van der Waals surface area (Å²) in [6, 6.07) is 4.78. The zero-order valence-corrected chi connectivity index (χ0v) is 9.06. The van der Waals surface area contributed by atoms with E-state index in [-0.39, 0.29) is 5.56 Å². The summed E-state index contributed by atoms with van der Waals surface area (Å²) >= 11 is 0. The smallest absolute Gasteiger partial charge is 0.159 e. The van der Waals surface area contributed by atoms with Crippen LogP contribution in [0.3, 0.4) is 0 Å². The van der Waals surface area contributed by atoms with Crippen molar-refractivity contribution in [3.8, 4) is 0 Å². The summed E-state index contributed by atoms with van der Waals surface area (Å²) in [6.45, 7) is 1.68. The monoisotopic (exact) mass is 236 g/mol. The van der Waals surface area contributed by atoms with Crippen molar-refractivity contribution in [3.05, 3.63) is 59.2 Å². The highest BCUT2D eigenvalue weighted by atomic mass is 19.2. The lowest BCUT2D eigenvalue weighted by Gasteiger charge is -2.10. The second-order valence-electron chi connectivity index (χ2n) is 3.60. The number of aromatic nitrogens is 2. The topological polar surface area (TPSA) is 46.0 Å². The molecule has 0 saturated carbocycles. The van der Waals surface area contributed by atoms with E-state index in [1.54, 1.807) is 6.92 Å². The minimum absolute atomic E-state index is 0.252. The molecule has 3 nitrogen and oxygen atoms in total. The van der Waals surface area contributed by atoms with E-state index in [4.69, 9.17) is 0 Å². The Bertz CT molecular complexity index is 546. The third-order valence-electron chi connectivity index (χ3n) is 2.34. The fraction of sp³-hybridized carbons (Fsp3) is 0.167. The lowest BCUT2D eigenvalue weighted by atomic mass is 10.1. The van der Waals surface area contributed by atoms with E-state index in [1.807, 2.05) is 0 Å². The summed E-state index contributed by atoms with van der Waals surface area (Å²) in [5.41, 5.74) is 0.602. The van der Waals surface area contributed by atoms with Crippen molar-refractivity contribution < 1.29 is 13.9 Å². The molecule has 0 aliphatic rings. The lowest BCUT2D eigenvalue weighted by Crippen LogP contribution is -2.05. The predicted molar refractivity (Wildman–Crippen MR) is 57.2 cm³/mol. The predicted octanol–water partition coefficient (Wildman–Crippen LogP) is 2.14. The summed E-state index contributed by atoms with van der Waals surface area (Å²) in [5, 5.41) is 9.95. The number of aliphatic hydroxyl groups is 1. The molecule has 0 radical (unpaired) electrons. The Hall–Kier alpha value is -1.88. The van der Waals surface area contributed by atoms with E-state index in [9.17, 15) is 13.9 Å². The van der Waals surface area contributed by atoms with Gasteiger partial charge in [0.15, 0.2) is 11.6 Å². The number of halogens is 2. The van der Waals surface area contributed by atoms with Crippen LogP contribution in [0.2, 0.25) is 0 Å². The van der Waals surface area contributed by atoms with Crippen molar-refractivity contribution in [1.82, 2.24) is 9.97 Å². The highest BCUT2D eigenvalue weighted by Gasteiger charge is 2.14. The Kier molecular flexibility index (Phi) is 3.10. The SMILES string of the molecule is Cc1nccc(C(O)c2ccc(F)c(F)c2)n1. The van der Waals surface area contributed by atoms with Crippen LogP contribution in [0.25, 0.3) is 0 Å². The first-order chi connectivity index (χ1) is 8.08. The molecule has 5 heteroatoms. The molecule has 0 saturated heterocycles. The zero-order valence-electron chi connectivity index (χ0n) is 9.06. The van der Waals surface area contributed by atoms with Crippen molar-refractivity contribution in [3.63, 3.8) is 0 Å². The molecule has 1 aromatic heterocycles. The molecule has 2 rings (SSSR count). The fourth-order valence-electron chi connectivity index (χ4n) is 1.48. The number of rotatable bonds is 2. The van der Waals surface area contributed by atoms with Crippen LogP contribution in [-0.4, -0.2) is 15.1 Å². The number of aliphatic hydroxyl groups excluding tert-OH is 1. The van der Waals surface area contributed by atoms with E-state index in [1.165, 1.54) is 18.3 Å². The molecule has 0 aliphatic heterocycles. The highest BCUT2D eigenvalue weighted by molar-refractivity contribution is 5.26.